The predicted molar refractivity (Wildman–Crippen MR) is 78.3 cm³/mol. The van der Waals surface area contributed by atoms with Crippen LogP contribution in [0.1, 0.15) is 28.6 Å². The molecule has 100 valence electrons. The molecule has 0 atom stereocenters. The van der Waals surface area contributed by atoms with Gasteiger partial charge in [0.2, 0.25) is 0 Å². The van der Waals surface area contributed by atoms with Crippen LogP contribution >= 0.6 is 11.3 Å². The Balaban J connectivity index is 2.20. The predicted octanol–water partition coefficient (Wildman–Crippen LogP) is 4.04. The van der Waals surface area contributed by atoms with Crippen molar-refractivity contribution >= 4 is 27.3 Å². The maximum absolute atomic E-state index is 13.2. The smallest absolute Gasteiger partial charge is 0.261 e. The van der Waals surface area contributed by atoms with Gasteiger partial charge in [0.25, 0.3) is 5.91 Å². The fourth-order valence-corrected chi connectivity index (χ4v) is 3.03. The zero-order valence-corrected chi connectivity index (χ0v) is 11.8. The third kappa shape index (κ3) is 3.01. The van der Waals surface area contributed by atoms with Crippen LogP contribution in [0.5, 0.6) is 0 Å². The molecule has 0 unspecified atom stereocenters. The average molecular weight is 277 g/mol. The van der Waals surface area contributed by atoms with Crippen LogP contribution in [0.4, 0.5) is 4.39 Å². The van der Waals surface area contributed by atoms with Gasteiger partial charge in [0.15, 0.2) is 0 Å². The van der Waals surface area contributed by atoms with Gasteiger partial charge in [-0.05, 0) is 49.4 Å². The molecule has 0 spiro atoms. The highest BCUT2D eigenvalue weighted by Gasteiger charge is 2.15. The van der Waals surface area contributed by atoms with E-state index in [4.69, 9.17) is 0 Å². The number of halogens is 1. The first-order valence-electron chi connectivity index (χ1n) is 6.21. The van der Waals surface area contributed by atoms with Gasteiger partial charge in [0.05, 0.1) is 4.88 Å². The number of fused-ring (bicyclic) bond motifs is 1. The summed E-state index contributed by atoms with van der Waals surface area (Å²) in [6.45, 7) is 4.43. The van der Waals surface area contributed by atoms with E-state index < -0.39 is 0 Å². The van der Waals surface area contributed by atoms with Gasteiger partial charge in [0.1, 0.15) is 5.82 Å². The molecule has 19 heavy (non-hydrogen) atoms. The Kier molecular flexibility index (Phi) is 4.32. The number of hydrogen-bond donors (Lipinski definition) is 1. The second-order valence-corrected chi connectivity index (χ2v) is 5.36. The minimum absolute atomic E-state index is 0.0800. The van der Waals surface area contributed by atoms with Crippen LogP contribution in [0.2, 0.25) is 0 Å². The number of carbonyl (C=O) groups is 1. The zero-order valence-electron chi connectivity index (χ0n) is 11.0. The number of nitrogens with one attached hydrogen (secondary N) is 1. The highest BCUT2D eigenvalue weighted by atomic mass is 32.1. The van der Waals surface area contributed by atoms with E-state index in [1.807, 2.05) is 26.0 Å². The van der Waals surface area contributed by atoms with Gasteiger partial charge in [-0.2, -0.15) is 0 Å². The molecular weight excluding hydrogens is 261 g/mol. The summed E-state index contributed by atoms with van der Waals surface area (Å²) in [7, 11) is 0. The van der Waals surface area contributed by atoms with Crippen LogP contribution in [0, 0.1) is 12.7 Å². The van der Waals surface area contributed by atoms with Crippen LogP contribution in [-0.4, -0.2) is 12.5 Å². The summed E-state index contributed by atoms with van der Waals surface area (Å²) in [5.41, 5.74) is 0.850. The molecule has 1 aromatic carbocycles. The first-order valence-corrected chi connectivity index (χ1v) is 7.03. The van der Waals surface area contributed by atoms with Crippen molar-refractivity contribution in [2.24, 2.45) is 0 Å². The van der Waals surface area contributed by atoms with Crippen molar-refractivity contribution in [1.82, 2.24) is 5.32 Å². The third-order valence-corrected chi connectivity index (χ3v) is 4.21. The maximum Gasteiger partial charge on any atom is 0.261 e. The Bertz CT molecular complexity index is 630. The molecule has 2 rings (SSSR count). The van der Waals surface area contributed by atoms with Crippen molar-refractivity contribution in [3.05, 3.63) is 46.6 Å². The van der Waals surface area contributed by atoms with Gasteiger partial charge in [-0.15, -0.1) is 11.3 Å². The molecule has 2 aromatic rings. The Hall–Kier alpha value is -1.68. The fourth-order valence-electron chi connectivity index (χ4n) is 1.93. The second kappa shape index (κ2) is 5.97. The Morgan fingerprint density at radius 3 is 3.00 bits per heavy atom. The molecule has 0 saturated carbocycles. The molecule has 0 aliphatic heterocycles. The summed E-state index contributed by atoms with van der Waals surface area (Å²) >= 11 is 1.41. The second-order valence-electron chi connectivity index (χ2n) is 4.31. The monoisotopic (exact) mass is 277 g/mol. The van der Waals surface area contributed by atoms with Crippen LogP contribution in [-0.2, 0) is 0 Å². The normalized spacial score (nSPS) is 11.3. The van der Waals surface area contributed by atoms with E-state index in [-0.39, 0.29) is 11.7 Å². The molecule has 1 N–H and O–H groups in total. The first kappa shape index (κ1) is 13.7. The van der Waals surface area contributed by atoms with Gasteiger partial charge < -0.3 is 5.32 Å². The van der Waals surface area contributed by atoms with E-state index in [1.54, 1.807) is 6.07 Å². The van der Waals surface area contributed by atoms with Gasteiger partial charge in [-0.25, -0.2) is 4.39 Å². The molecule has 0 saturated heterocycles. The van der Waals surface area contributed by atoms with Crippen LogP contribution in [0.25, 0.3) is 10.1 Å². The average Bonchev–Trinajstić information content (AvgIpc) is 2.72. The minimum atomic E-state index is -0.270. The molecule has 1 heterocycles. The molecule has 0 bridgehead atoms. The summed E-state index contributed by atoms with van der Waals surface area (Å²) in [6.07, 6.45) is 4.79. The molecule has 1 aromatic heterocycles. The van der Waals surface area contributed by atoms with Crippen LogP contribution < -0.4 is 5.32 Å². The maximum atomic E-state index is 13.2. The summed E-state index contributed by atoms with van der Waals surface area (Å²) < 4.78 is 14.2. The molecule has 4 heteroatoms. The minimum Gasteiger partial charge on any atom is -0.351 e. The number of allylic oxidation sites excluding steroid dienone is 1. The van der Waals surface area contributed by atoms with Crippen molar-refractivity contribution in [3.63, 3.8) is 0 Å². The molecule has 0 aliphatic rings. The summed E-state index contributed by atoms with van der Waals surface area (Å²) in [4.78, 5) is 12.7. The SMILES string of the molecule is C/C=C/CCNC(=O)c1sc2ccc(F)cc2c1C. The zero-order chi connectivity index (χ0) is 13.8. The van der Waals surface area contributed by atoms with Crippen molar-refractivity contribution in [2.45, 2.75) is 20.3 Å². The van der Waals surface area contributed by atoms with Crippen molar-refractivity contribution in [1.29, 1.82) is 0 Å². The standard InChI is InChI=1S/C15H16FNOS/c1-3-4-5-8-17-15(18)14-10(2)12-9-11(16)6-7-13(12)19-14/h3-4,6-7,9H,5,8H2,1-2H3,(H,17,18)/b4-3+. The molecule has 2 nitrogen and oxygen atoms in total. The molecule has 0 fully saturated rings. The van der Waals surface area contributed by atoms with E-state index in [0.29, 0.717) is 11.4 Å². The van der Waals surface area contributed by atoms with E-state index in [2.05, 4.69) is 5.32 Å². The topological polar surface area (TPSA) is 29.1 Å². The van der Waals surface area contributed by atoms with E-state index in [9.17, 15) is 9.18 Å². The Morgan fingerprint density at radius 2 is 2.26 bits per heavy atom. The molecular formula is C15H16FNOS. The largest absolute Gasteiger partial charge is 0.351 e. The van der Waals surface area contributed by atoms with Crippen molar-refractivity contribution in [2.75, 3.05) is 6.54 Å². The van der Waals surface area contributed by atoms with Gasteiger partial charge in [-0.1, -0.05) is 12.2 Å². The third-order valence-electron chi connectivity index (χ3n) is 2.94. The van der Waals surface area contributed by atoms with E-state index >= 15 is 0 Å². The quantitative estimate of drug-likeness (QED) is 0.663. The lowest BCUT2D eigenvalue weighted by atomic mass is 10.1. The van der Waals surface area contributed by atoms with Crippen molar-refractivity contribution in [3.8, 4) is 0 Å². The van der Waals surface area contributed by atoms with E-state index in [1.165, 1.54) is 23.5 Å². The Morgan fingerprint density at radius 1 is 1.47 bits per heavy atom. The number of aryl methyl sites for hydroxylation is 1. The highest BCUT2D eigenvalue weighted by molar-refractivity contribution is 7.21. The Labute approximate surface area is 115 Å². The summed E-state index contributed by atoms with van der Waals surface area (Å²) in [6, 6.07) is 4.63. The molecule has 0 aliphatic carbocycles. The fraction of sp³-hybridized carbons (Fsp3) is 0.267. The lowest BCUT2D eigenvalue weighted by Crippen LogP contribution is -2.23. The number of thiophene rings is 1. The van der Waals surface area contributed by atoms with E-state index in [0.717, 1.165) is 22.1 Å². The molecule has 1 amide bonds. The molecule has 0 radical (unpaired) electrons. The summed E-state index contributed by atoms with van der Waals surface area (Å²) in [5, 5.41) is 3.70. The number of rotatable bonds is 4. The van der Waals surface area contributed by atoms with Gasteiger partial charge in [0, 0.05) is 11.2 Å². The van der Waals surface area contributed by atoms with Gasteiger partial charge >= 0.3 is 0 Å². The van der Waals surface area contributed by atoms with Gasteiger partial charge in [-0.3, -0.25) is 4.79 Å². The lowest BCUT2D eigenvalue weighted by molar-refractivity contribution is 0.0958. The number of amides is 1. The number of hydrogen-bond acceptors (Lipinski definition) is 2. The number of benzene rings is 1. The van der Waals surface area contributed by atoms with Crippen LogP contribution in [0.15, 0.2) is 30.4 Å². The lowest BCUT2D eigenvalue weighted by Gasteiger charge is -2.02. The van der Waals surface area contributed by atoms with Crippen molar-refractivity contribution < 1.29 is 9.18 Å². The number of carbonyl (C=O) groups excluding carboxylic acids is 1. The van der Waals surface area contributed by atoms with Crippen LogP contribution in [0.3, 0.4) is 0 Å². The summed E-state index contributed by atoms with van der Waals surface area (Å²) in [5.74, 6) is -0.350. The first-order chi connectivity index (χ1) is 9.13. The highest BCUT2D eigenvalue weighted by Crippen LogP contribution is 2.31.